The van der Waals surface area contributed by atoms with Gasteiger partial charge in [-0.3, -0.25) is 4.79 Å². The number of phenols is 2. The molecule has 0 radical (unpaired) electrons. The number of aromatic hydroxyl groups is 2. The van der Waals surface area contributed by atoms with E-state index in [9.17, 15) is 15.0 Å². The van der Waals surface area contributed by atoms with Crippen LogP contribution in [0.1, 0.15) is 22.8 Å². The number of carbonyl (C=O) groups excluding carboxylic acids is 1. The fourth-order valence-corrected chi connectivity index (χ4v) is 2.08. The fraction of sp³-hybridized carbons (Fsp3) is 0.0667. The molecule has 21 heavy (non-hydrogen) atoms. The third kappa shape index (κ3) is 3.61. The molecule has 1 amide bonds. The molecule has 2 aromatic carbocycles. The quantitative estimate of drug-likeness (QED) is 0.589. The molecule has 0 fully saturated rings. The molecule has 0 heterocycles. The van der Waals surface area contributed by atoms with Gasteiger partial charge in [-0.1, -0.05) is 28.1 Å². The maximum absolute atomic E-state index is 11.9. The maximum atomic E-state index is 11.9. The van der Waals surface area contributed by atoms with Crippen LogP contribution in [0.5, 0.6) is 11.5 Å². The molecule has 0 saturated heterocycles. The van der Waals surface area contributed by atoms with Crippen LogP contribution in [-0.4, -0.2) is 21.8 Å². The lowest BCUT2D eigenvalue weighted by molar-refractivity contribution is 0.0952. The van der Waals surface area contributed by atoms with Crippen LogP contribution in [0.25, 0.3) is 0 Å². The second-order valence-electron chi connectivity index (χ2n) is 4.32. The summed E-state index contributed by atoms with van der Waals surface area (Å²) in [5.41, 5.74) is 3.42. The molecule has 0 atom stereocenters. The Balaban J connectivity index is 2.19. The molecule has 2 rings (SSSR count). The number of carbonyl (C=O) groups is 1. The van der Waals surface area contributed by atoms with Crippen molar-refractivity contribution < 1.29 is 15.0 Å². The molecule has 0 saturated carbocycles. The van der Waals surface area contributed by atoms with Crippen molar-refractivity contribution >= 4 is 27.5 Å². The molecule has 0 aliphatic rings. The number of nitrogens with one attached hydrogen (secondary N) is 1. The number of para-hydroxylation sites is 1. The van der Waals surface area contributed by atoms with Crippen LogP contribution < -0.4 is 5.43 Å². The Bertz CT molecular complexity index is 714. The molecule has 0 unspecified atom stereocenters. The van der Waals surface area contributed by atoms with Gasteiger partial charge in [0, 0.05) is 10.0 Å². The van der Waals surface area contributed by atoms with Crippen LogP contribution in [0.15, 0.2) is 52.0 Å². The molecule has 3 N–H and O–H groups in total. The number of phenolic OH excluding ortho intramolecular Hbond substituents is 2. The van der Waals surface area contributed by atoms with Crippen LogP contribution in [0.3, 0.4) is 0 Å². The Hall–Kier alpha value is -2.34. The van der Waals surface area contributed by atoms with Crippen LogP contribution in [0.4, 0.5) is 0 Å². The number of hydrogen-bond donors (Lipinski definition) is 3. The summed E-state index contributed by atoms with van der Waals surface area (Å²) in [5.74, 6) is -0.577. The minimum atomic E-state index is -0.526. The third-order valence-corrected chi connectivity index (χ3v) is 3.32. The van der Waals surface area contributed by atoms with Gasteiger partial charge in [0.2, 0.25) is 0 Å². The monoisotopic (exact) mass is 348 g/mol. The highest BCUT2D eigenvalue weighted by atomic mass is 79.9. The van der Waals surface area contributed by atoms with Gasteiger partial charge >= 0.3 is 0 Å². The minimum Gasteiger partial charge on any atom is -0.507 e. The second-order valence-corrected chi connectivity index (χ2v) is 5.23. The topological polar surface area (TPSA) is 81.9 Å². The number of hydrogen-bond acceptors (Lipinski definition) is 4. The number of rotatable bonds is 3. The van der Waals surface area contributed by atoms with Crippen molar-refractivity contribution in [3.63, 3.8) is 0 Å². The van der Waals surface area contributed by atoms with Gasteiger partial charge < -0.3 is 10.2 Å². The first-order chi connectivity index (χ1) is 9.99. The number of amides is 1. The highest BCUT2D eigenvalue weighted by Gasteiger charge is 2.10. The number of benzene rings is 2. The van der Waals surface area contributed by atoms with Crippen molar-refractivity contribution in [1.29, 1.82) is 0 Å². The highest BCUT2D eigenvalue weighted by molar-refractivity contribution is 9.10. The van der Waals surface area contributed by atoms with Gasteiger partial charge in [0.25, 0.3) is 5.91 Å². The molecule has 0 bridgehead atoms. The van der Waals surface area contributed by atoms with Crippen molar-refractivity contribution in [3.8, 4) is 11.5 Å². The zero-order valence-electron chi connectivity index (χ0n) is 11.2. The number of hydrazone groups is 1. The van der Waals surface area contributed by atoms with Gasteiger partial charge in [-0.15, -0.1) is 0 Å². The van der Waals surface area contributed by atoms with Crippen molar-refractivity contribution in [2.75, 3.05) is 0 Å². The van der Waals surface area contributed by atoms with Gasteiger partial charge in [-0.2, -0.15) is 5.10 Å². The molecular weight excluding hydrogens is 336 g/mol. The highest BCUT2D eigenvalue weighted by Crippen LogP contribution is 2.22. The summed E-state index contributed by atoms with van der Waals surface area (Å²) in [6.07, 6.45) is 0. The molecular formula is C15H13BrN2O3. The first-order valence-electron chi connectivity index (χ1n) is 6.10. The largest absolute Gasteiger partial charge is 0.507 e. The lowest BCUT2D eigenvalue weighted by atomic mass is 10.1. The SMILES string of the molecule is C/C(=N\NC(=O)c1ccccc1O)c1cc(Br)ccc1O. The Kier molecular flexibility index (Phi) is 4.59. The minimum absolute atomic E-state index is 0.0660. The Morgan fingerprint density at radius 3 is 2.48 bits per heavy atom. The molecule has 0 aromatic heterocycles. The van der Waals surface area contributed by atoms with E-state index in [1.165, 1.54) is 18.2 Å². The summed E-state index contributed by atoms with van der Waals surface area (Å²) in [7, 11) is 0. The predicted molar refractivity (Wildman–Crippen MR) is 83.6 cm³/mol. The van der Waals surface area contributed by atoms with E-state index < -0.39 is 5.91 Å². The first-order valence-corrected chi connectivity index (χ1v) is 6.90. The third-order valence-electron chi connectivity index (χ3n) is 2.82. The lowest BCUT2D eigenvalue weighted by Gasteiger charge is -2.06. The van der Waals surface area contributed by atoms with Crippen molar-refractivity contribution in [3.05, 3.63) is 58.1 Å². The van der Waals surface area contributed by atoms with Crippen molar-refractivity contribution in [2.24, 2.45) is 5.10 Å². The zero-order chi connectivity index (χ0) is 15.4. The molecule has 5 nitrogen and oxygen atoms in total. The molecule has 0 spiro atoms. The summed E-state index contributed by atoms with van der Waals surface area (Å²) in [6, 6.07) is 11.1. The molecule has 108 valence electrons. The van der Waals surface area contributed by atoms with E-state index in [-0.39, 0.29) is 17.1 Å². The standard InChI is InChI=1S/C15H13BrN2O3/c1-9(12-8-10(16)6-7-14(12)20)17-18-15(21)11-4-2-3-5-13(11)19/h2-8,19-20H,1H3,(H,18,21)/b17-9+. The van der Waals surface area contributed by atoms with E-state index in [0.29, 0.717) is 11.3 Å². The van der Waals surface area contributed by atoms with E-state index in [4.69, 9.17) is 0 Å². The summed E-state index contributed by atoms with van der Waals surface area (Å²) in [6.45, 7) is 1.66. The molecule has 0 aliphatic heterocycles. The molecule has 6 heteroatoms. The van der Waals surface area contributed by atoms with E-state index >= 15 is 0 Å². The van der Waals surface area contributed by atoms with Crippen LogP contribution in [0.2, 0.25) is 0 Å². The average Bonchev–Trinajstić information content (AvgIpc) is 2.47. The summed E-state index contributed by atoms with van der Waals surface area (Å²) in [4.78, 5) is 11.9. The molecule has 0 aliphatic carbocycles. The van der Waals surface area contributed by atoms with Crippen molar-refractivity contribution in [1.82, 2.24) is 5.43 Å². The van der Waals surface area contributed by atoms with Crippen LogP contribution >= 0.6 is 15.9 Å². The lowest BCUT2D eigenvalue weighted by Crippen LogP contribution is -2.19. The van der Waals surface area contributed by atoms with Gasteiger partial charge in [-0.05, 0) is 37.3 Å². The fourth-order valence-electron chi connectivity index (χ4n) is 1.72. The Morgan fingerprint density at radius 2 is 1.76 bits per heavy atom. The Morgan fingerprint density at radius 1 is 1.10 bits per heavy atom. The zero-order valence-corrected chi connectivity index (χ0v) is 12.8. The first kappa shape index (κ1) is 15.1. The van der Waals surface area contributed by atoms with Crippen molar-refractivity contribution in [2.45, 2.75) is 6.92 Å². The van der Waals surface area contributed by atoms with Gasteiger partial charge in [0.1, 0.15) is 11.5 Å². The second kappa shape index (κ2) is 6.41. The Labute approximate surface area is 130 Å². The number of nitrogens with zero attached hydrogens (tertiary/aromatic N) is 1. The maximum Gasteiger partial charge on any atom is 0.275 e. The van der Waals surface area contributed by atoms with E-state index in [2.05, 4.69) is 26.5 Å². The normalized spacial score (nSPS) is 11.2. The molecule has 2 aromatic rings. The van der Waals surface area contributed by atoms with E-state index in [0.717, 1.165) is 4.47 Å². The van der Waals surface area contributed by atoms with Gasteiger partial charge in [-0.25, -0.2) is 5.43 Å². The van der Waals surface area contributed by atoms with E-state index in [1.807, 2.05) is 0 Å². The number of halogens is 1. The smallest absolute Gasteiger partial charge is 0.275 e. The van der Waals surface area contributed by atoms with E-state index in [1.54, 1.807) is 31.2 Å². The summed E-state index contributed by atoms with van der Waals surface area (Å²) in [5, 5.41) is 23.3. The van der Waals surface area contributed by atoms with Crippen LogP contribution in [0, 0.1) is 0 Å². The summed E-state index contributed by atoms with van der Waals surface area (Å²) < 4.78 is 0.789. The van der Waals surface area contributed by atoms with Crippen LogP contribution in [-0.2, 0) is 0 Å². The predicted octanol–water partition coefficient (Wildman–Crippen LogP) is 3.01. The summed E-state index contributed by atoms with van der Waals surface area (Å²) >= 11 is 3.30. The van der Waals surface area contributed by atoms with Gasteiger partial charge in [0.05, 0.1) is 11.3 Å². The van der Waals surface area contributed by atoms with Gasteiger partial charge in [0.15, 0.2) is 0 Å². The average molecular weight is 349 g/mol.